The number of carbonyl (C=O) groups is 1. The fourth-order valence-electron chi connectivity index (χ4n) is 0.399. The van der Waals surface area contributed by atoms with Crippen LogP contribution in [0, 0.1) is 0 Å². The Labute approximate surface area is 68.2 Å². The smallest absolute Gasteiger partial charge is 0.320 e. The number of rotatable bonds is 4. The van der Waals surface area contributed by atoms with Crippen molar-refractivity contribution in [2.45, 2.75) is 25.5 Å². The highest BCUT2D eigenvalue weighted by Gasteiger charge is 2.13. The van der Waals surface area contributed by atoms with E-state index in [-0.39, 0.29) is 6.61 Å². The molecule has 0 saturated heterocycles. The molecule has 0 aliphatic heterocycles. The van der Waals surface area contributed by atoms with Crippen molar-refractivity contribution in [2.24, 2.45) is 0 Å². The molecular weight excluding hydrogens is 168 g/mol. The number of esters is 1. The molecule has 0 amide bonds. The van der Waals surface area contributed by atoms with Crippen molar-refractivity contribution < 1.29 is 18.3 Å². The van der Waals surface area contributed by atoms with E-state index < -0.39 is 22.3 Å². The van der Waals surface area contributed by atoms with Crippen molar-refractivity contribution in [1.82, 2.24) is 0 Å². The first kappa shape index (κ1) is 10.6. The average molecular weight is 179 g/mol. The largest absolute Gasteiger partial charge is 0.772 e. The zero-order chi connectivity index (χ0) is 8.85. The Bertz CT molecular complexity index is 157. The maximum absolute atomic E-state index is 10.7. The van der Waals surface area contributed by atoms with E-state index >= 15 is 0 Å². The number of carbonyl (C=O) groups excluding carboxylic acids is 1. The molecule has 0 aliphatic carbocycles. The maximum Gasteiger partial charge on any atom is 0.320 e. The first-order valence-electron chi connectivity index (χ1n) is 3.34. The molecule has 0 fully saturated rings. The molecule has 0 bridgehead atoms. The van der Waals surface area contributed by atoms with Gasteiger partial charge in [-0.1, -0.05) is 6.92 Å². The fraction of sp³-hybridized carbons (Fsp3) is 0.833. The second kappa shape index (κ2) is 5.26. The van der Waals surface area contributed by atoms with Crippen molar-refractivity contribution >= 4 is 17.0 Å². The lowest BCUT2D eigenvalue weighted by atomic mass is 10.5. The van der Waals surface area contributed by atoms with E-state index in [1.807, 2.05) is 6.92 Å². The monoisotopic (exact) mass is 179 g/mol. The van der Waals surface area contributed by atoms with Gasteiger partial charge in [0.25, 0.3) is 0 Å². The third kappa shape index (κ3) is 4.10. The minimum Gasteiger partial charge on any atom is -0.772 e. The third-order valence-corrected chi connectivity index (χ3v) is 1.84. The zero-order valence-corrected chi connectivity index (χ0v) is 7.35. The normalized spacial score (nSPS) is 15.5. The summed E-state index contributed by atoms with van der Waals surface area (Å²) >= 11 is -2.37. The van der Waals surface area contributed by atoms with Crippen LogP contribution in [0.4, 0.5) is 0 Å². The van der Waals surface area contributed by atoms with Crippen molar-refractivity contribution in [3.63, 3.8) is 0 Å². The average Bonchev–Trinajstić information content (AvgIpc) is 1.98. The number of ether oxygens (including phenoxy) is 1. The molecule has 5 heteroatoms. The van der Waals surface area contributed by atoms with Crippen molar-refractivity contribution in [1.29, 1.82) is 0 Å². The third-order valence-electron chi connectivity index (χ3n) is 1.07. The Morgan fingerprint density at radius 1 is 1.73 bits per heavy atom. The first-order chi connectivity index (χ1) is 5.09. The molecule has 0 spiro atoms. The Morgan fingerprint density at radius 3 is 2.64 bits per heavy atom. The second-order valence-corrected chi connectivity index (χ2v) is 3.30. The highest BCUT2D eigenvalue weighted by atomic mass is 32.2. The van der Waals surface area contributed by atoms with Gasteiger partial charge < -0.3 is 9.29 Å². The summed E-state index contributed by atoms with van der Waals surface area (Å²) in [6, 6.07) is 0. The molecule has 4 nitrogen and oxygen atoms in total. The van der Waals surface area contributed by atoms with E-state index in [0.717, 1.165) is 0 Å². The summed E-state index contributed by atoms with van der Waals surface area (Å²) in [6.07, 6.45) is 0.698. The zero-order valence-electron chi connectivity index (χ0n) is 6.53. The molecule has 0 aromatic heterocycles. The minimum atomic E-state index is -2.37. The molecule has 0 heterocycles. The highest BCUT2D eigenvalue weighted by Crippen LogP contribution is 1.96. The van der Waals surface area contributed by atoms with Crippen LogP contribution in [0.5, 0.6) is 0 Å². The van der Waals surface area contributed by atoms with Crippen LogP contribution < -0.4 is 0 Å². The molecule has 2 unspecified atom stereocenters. The summed E-state index contributed by atoms with van der Waals surface area (Å²) in [4.78, 5) is 10.7. The van der Waals surface area contributed by atoms with Crippen molar-refractivity contribution in [3.8, 4) is 0 Å². The maximum atomic E-state index is 10.7. The molecule has 0 N–H and O–H groups in total. The quantitative estimate of drug-likeness (QED) is 0.457. The summed E-state index contributed by atoms with van der Waals surface area (Å²) in [5.41, 5.74) is 0. The van der Waals surface area contributed by atoms with E-state index in [9.17, 15) is 13.6 Å². The summed E-state index contributed by atoms with van der Waals surface area (Å²) in [6.45, 7) is 3.41. The lowest BCUT2D eigenvalue weighted by Gasteiger charge is -2.12. The molecule has 66 valence electrons. The van der Waals surface area contributed by atoms with Crippen LogP contribution in [0.2, 0.25) is 0 Å². The molecule has 0 rings (SSSR count). The van der Waals surface area contributed by atoms with Gasteiger partial charge in [0.1, 0.15) is 5.25 Å². The van der Waals surface area contributed by atoms with Crippen LogP contribution in [-0.4, -0.2) is 26.6 Å². The van der Waals surface area contributed by atoms with Gasteiger partial charge in [0.15, 0.2) is 0 Å². The van der Waals surface area contributed by atoms with Crippen LogP contribution in [0.15, 0.2) is 0 Å². The standard InChI is InChI=1S/C6H12O4S/c1-3-4-10-6(7)5(2)11(8)9/h5H,3-4H2,1-2H3,(H,8,9)/p-1. The van der Waals surface area contributed by atoms with Crippen LogP contribution in [0.25, 0.3) is 0 Å². The van der Waals surface area contributed by atoms with E-state index in [1.165, 1.54) is 6.92 Å². The molecule has 0 saturated carbocycles. The topological polar surface area (TPSA) is 66.4 Å². The summed E-state index contributed by atoms with van der Waals surface area (Å²) < 4.78 is 25.0. The van der Waals surface area contributed by atoms with Crippen molar-refractivity contribution in [2.75, 3.05) is 6.61 Å². The van der Waals surface area contributed by atoms with Crippen LogP contribution in [0.3, 0.4) is 0 Å². The lowest BCUT2D eigenvalue weighted by Crippen LogP contribution is -2.24. The van der Waals surface area contributed by atoms with Gasteiger partial charge in [0, 0.05) is 0 Å². The van der Waals surface area contributed by atoms with E-state index in [1.54, 1.807) is 0 Å². The van der Waals surface area contributed by atoms with Crippen LogP contribution in [0.1, 0.15) is 20.3 Å². The number of hydrogen-bond donors (Lipinski definition) is 0. The summed E-state index contributed by atoms with van der Waals surface area (Å²) in [5, 5.41) is -1.05. The molecule has 0 aromatic rings. The van der Waals surface area contributed by atoms with Gasteiger partial charge >= 0.3 is 5.97 Å². The van der Waals surface area contributed by atoms with Gasteiger partial charge in [0.2, 0.25) is 0 Å². The van der Waals surface area contributed by atoms with Gasteiger partial charge in [-0.3, -0.25) is 9.00 Å². The molecule has 11 heavy (non-hydrogen) atoms. The Hall–Kier alpha value is -0.420. The van der Waals surface area contributed by atoms with Gasteiger partial charge in [-0.15, -0.1) is 0 Å². The van der Waals surface area contributed by atoms with E-state index in [0.29, 0.717) is 6.42 Å². The predicted molar refractivity (Wildman–Crippen MR) is 39.6 cm³/mol. The SMILES string of the molecule is CCCOC(=O)C(C)S(=O)[O-]. The summed E-state index contributed by atoms with van der Waals surface area (Å²) in [7, 11) is 0. The van der Waals surface area contributed by atoms with E-state index in [4.69, 9.17) is 0 Å². The van der Waals surface area contributed by atoms with E-state index in [2.05, 4.69) is 4.74 Å². The van der Waals surface area contributed by atoms with Gasteiger partial charge in [-0.25, -0.2) is 0 Å². The summed E-state index contributed by atoms with van der Waals surface area (Å²) in [5.74, 6) is -0.680. The molecular formula is C6H11O4S-. The van der Waals surface area contributed by atoms with Crippen LogP contribution >= 0.6 is 0 Å². The lowest BCUT2D eigenvalue weighted by molar-refractivity contribution is -0.142. The predicted octanol–water partition coefficient (Wildman–Crippen LogP) is 0.207. The van der Waals surface area contributed by atoms with Gasteiger partial charge in [0.05, 0.1) is 6.61 Å². The van der Waals surface area contributed by atoms with Crippen molar-refractivity contribution in [3.05, 3.63) is 0 Å². The second-order valence-electron chi connectivity index (χ2n) is 2.07. The van der Waals surface area contributed by atoms with Gasteiger partial charge in [-0.2, -0.15) is 0 Å². The number of hydrogen-bond acceptors (Lipinski definition) is 4. The molecule has 0 aromatic carbocycles. The molecule has 0 radical (unpaired) electrons. The Balaban J connectivity index is 3.74. The fourth-order valence-corrected chi connectivity index (χ4v) is 0.624. The highest BCUT2D eigenvalue weighted by molar-refractivity contribution is 7.80. The van der Waals surface area contributed by atoms with Crippen LogP contribution in [-0.2, 0) is 20.6 Å². The molecule has 0 aliphatic rings. The minimum absolute atomic E-state index is 0.278. The Kier molecular flexibility index (Phi) is 5.06. The first-order valence-corrected chi connectivity index (χ1v) is 4.48. The molecule has 2 atom stereocenters. The Morgan fingerprint density at radius 2 is 2.27 bits per heavy atom. The van der Waals surface area contributed by atoms with Gasteiger partial charge in [-0.05, 0) is 24.4 Å².